The highest BCUT2D eigenvalue weighted by Gasteiger charge is 2.14. The summed E-state index contributed by atoms with van der Waals surface area (Å²) in [5.74, 6) is -1.73. The van der Waals surface area contributed by atoms with E-state index in [9.17, 15) is 8.78 Å². The Bertz CT molecular complexity index is 593. The average Bonchev–Trinajstić information content (AvgIpc) is 2.37. The van der Waals surface area contributed by atoms with Gasteiger partial charge >= 0.3 is 0 Å². The summed E-state index contributed by atoms with van der Waals surface area (Å²) in [5, 5.41) is 0.431. The van der Waals surface area contributed by atoms with Crippen LogP contribution < -0.4 is 10.5 Å². The molecular weight excluding hydrogens is 272 g/mol. The molecule has 0 saturated heterocycles. The third kappa shape index (κ3) is 3.03. The van der Waals surface area contributed by atoms with Gasteiger partial charge < -0.3 is 10.5 Å². The zero-order chi connectivity index (χ0) is 14.0. The number of halogens is 3. The van der Waals surface area contributed by atoms with E-state index >= 15 is 0 Å². The topological polar surface area (TPSA) is 35.2 Å². The third-order valence-corrected chi connectivity index (χ3v) is 2.89. The van der Waals surface area contributed by atoms with Crippen LogP contribution in [0.5, 0.6) is 11.5 Å². The number of rotatable bonds is 3. The van der Waals surface area contributed by atoms with Gasteiger partial charge in [0, 0.05) is 11.6 Å². The van der Waals surface area contributed by atoms with E-state index in [2.05, 4.69) is 0 Å². The maximum Gasteiger partial charge on any atom is 0.198 e. The monoisotopic (exact) mass is 283 g/mol. The third-order valence-electron chi connectivity index (χ3n) is 2.66. The average molecular weight is 284 g/mol. The van der Waals surface area contributed by atoms with Gasteiger partial charge in [0.2, 0.25) is 0 Å². The Labute approximate surface area is 114 Å². The second kappa shape index (κ2) is 5.55. The molecule has 2 rings (SSSR count). The predicted octanol–water partition coefficient (Wildman–Crippen LogP) is 4.18. The number of hydrogen-bond donors (Lipinski definition) is 1. The van der Waals surface area contributed by atoms with E-state index in [0.29, 0.717) is 16.3 Å². The molecule has 0 spiro atoms. The summed E-state index contributed by atoms with van der Waals surface area (Å²) in [6.07, 6.45) is 0. The van der Waals surface area contributed by atoms with E-state index in [1.54, 1.807) is 19.1 Å². The fourth-order valence-corrected chi connectivity index (χ4v) is 1.78. The molecule has 2 aromatic carbocycles. The Kier molecular flexibility index (Phi) is 4.02. The smallest absolute Gasteiger partial charge is 0.198 e. The van der Waals surface area contributed by atoms with Crippen LogP contribution in [-0.2, 0) is 6.54 Å². The standard InChI is InChI=1S/C14H12ClF2NO/c1-8-2-3-10(15)6-13(8)19-14-11(16)4-9(7-18)5-12(14)17/h2-6H,7,18H2,1H3. The van der Waals surface area contributed by atoms with Crippen LogP contribution in [0.4, 0.5) is 8.78 Å². The van der Waals surface area contributed by atoms with E-state index in [1.807, 2.05) is 0 Å². The highest BCUT2D eigenvalue weighted by molar-refractivity contribution is 6.30. The van der Waals surface area contributed by atoms with Crippen molar-refractivity contribution in [1.29, 1.82) is 0 Å². The molecule has 0 fully saturated rings. The molecule has 2 aromatic rings. The van der Waals surface area contributed by atoms with Crippen molar-refractivity contribution in [3.8, 4) is 11.5 Å². The molecule has 5 heteroatoms. The van der Waals surface area contributed by atoms with Gasteiger partial charge in [0.05, 0.1) is 0 Å². The van der Waals surface area contributed by atoms with E-state index in [0.717, 1.165) is 17.7 Å². The summed E-state index contributed by atoms with van der Waals surface area (Å²) < 4.78 is 32.8. The highest BCUT2D eigenvalue weighted by atomic mass is 35.5. The molecule has 2 N–H and O–H groups in total. The van der Waals surface area contributed by atoms with E-state index in [4.69, 9.17) is 22.1 Å². The minimum atomic E-state index is -0.792. The van der Waals surface area contributed by atoms with Gasteiger partial charge in [-0.3, -0.25) is 0 Å². The van der Waals surface area contributed by atoms with Crippen LogP contribution in [0.3, 0.4) is 0 Å². The number of hydrogen-bond acceptors (Lipinski definition) is 2. The number of benzene rings is 2. The van der Waals surface area contributed by atoms with Crippen LogP contribution in [0, 0.1) is 18.6 Å². The van der Waals surface area contributed by atoms with Crippen LogP contribution in [0.1, 0.15) is 11.1 Å². The van der Waals surface area contributed by atoms with Crippen LogP contribution in [-0.4, -0.2) is 0 Å². The quantitative estimate of drug-likeness (QED) is 0.917. The molecule has 0 aliphatic rings. The first-order valence-corrected chi connectivity index (χ1v) is 6.01. The van der Waals surface area contributed by atoms with Gasteiger partial charge in [0.1, 0.15) is 5.75 Å². The predicted molar refractivity (Wildman–Crippen MR) is 70.5 cm³/mol. The largest absolute Gasteiger partial charge is 0.451 e. The molecule has 19 heavy (non-hydrogen) atoms. The first-order valence-electron chi connectivity index (χ1n) is 5.63. The molecule has 0 aliphatic carbocycles. The molecule has 100 valence electrons. The van der Waals surface area contributed by atoms with Crippen molar-refractivity contribution >= 4 is 11.6 Å². The first kappa shape index (κ1) is 13.8. The van der Waals surface area contributed by atoms with Gasteiger partial charge in [-0.2, -0.15) is 0 Å². The summed E-state index contributed by atoms with van der Waals surface area (Å²) in [6.45, 7) is 1.82. The molecule has 2 nitrogen and oxygen atoms in total. The van der Waals surface area contributed by atoms with Gasteiger partial charge in [0.25, 0.3) is 0 Å². The van der Waals surface area contributed by atoms with Crippen molar-refractivity contribution in [2.75, 3.05) is 0 Å². The number of nitrogens with two attached hydrogens (primary N) is 1. The van der Waals surface area contributed by atoms with Crippen LogP contribution in [0.25, 0.3) is 0 Å². The molecular formula is C14H12ClF2NO. The van der Waals surface area contributed by atoms with Crippen LogP contribution in [0.15, 0.2) is 30.3 Å². The van der Waals surface area contributed by atoms with Crippen molar-refractivity contribution < 1.29 is 13.5 Å². The molecule has 0 heterocycles. The minimum Gasteiger partial charge on any atom is -0.451 e. The fraction of sp³-hybridized carbons (Fsp3) is 0.143. The van der Waals surface area contributed by atoms with Crippen molar-refractivity contribution in [2.24, 2.45) is 5.73 Å². The maximum absolute atomic E-state index is 13.8. The highest BCUT2D eigenvalue weighted by Crippen LogP contribution is 2.32. The van der Waals surface area contributed by atoms with Crippen LogP contribution >= 0.6 is 11.6 Å². The normalized spacial score (nSPS) is 10.6. The SMILES string of the molecule is Cc1ccc(Cl)cc1Oc1c(F)cc(CN)cc1F. The summed E-state index contributed by atoms with van der Waals surface area (Å²) in [5.41, 5.74) is 6.44. The summed E-state index contributed by atoms with van der Waals surface area (Å²) in [6, 6.07) is 7.19. The zero-order valence-corrected chi connectivity index (χ0v) is 11.0. The Morgan fingerprint density at radius 1 is 1.16 bits per heavy atom. The first-order chi connectivity index (χ1) is 9.01. The zero-order valence-electron chi connectivity index (χ0n) is 10.2. The second-order valence-electron chi connectivity index (χ2n) is 4.10. The van der Waals surface area contributed by atoms with Crippen molar-refractivity contribution in [3.05, 3.63) is 58.1 Å². The molecule has 0 radical (unpaired) electrons. The Morgan fingerprint density at radius 2 is 1.79 bits per heavy atom. The molecule has 0 aliphatic heterocycles. The Balaban J connectivity index is 2.41. The second-order valence-corrected chi connectivity index (χ2v) is 4.54. The van der Waals surface area contributed by atoms with E-state index < -0.39 is 17.4 Å². The maximum atomic E-state index is 13.8. The lowest BCUT2D eigenvalue weighted by atomic mass is 10.2. The Morgan fingerprint density at radius 3 is 2.37 bits per heavy atom. The molecule has 0 atom stereocenters. The lowest BCUT2D eigenvalue weighted by Crippen LogP contribution is -2.01. The van der Waals surface area contributed by atoms with Gasteiger partial charge in [-0.25, -0.2) is 8.78 Å². The van der Waals surface area contributed by atoms with Gasteiger partial charge in [-0.05, 0) is 42.3 Å². The van der Waals surface area contributed by atoms with Crippen molar-refractivity contribution in [2.45, 2.75) is 13.5 Å². The lowest BCUT2D eigenvalue weighted by molar-refractivity contribution is 0.404. The van der Waals surface area contributed by atoms with Gasteiger partial charge in [-0.15, -0.1) is 0 Å². The van der Waals surface area contributed by atoms with Gasteiger partial charge in [-0.1, -0.05) is 17.7 Å². The van der Waals surface area contributed by atoms with Crippen molar-refractivity contribution in [1.82, 2.24) is 0 Å². The Hall–Kier alpha value is -1.65. The van der Waals surface area contributed by atoms with Crippen molar-refractivity contribution in [3.63, 3.8) is 0 Å². The number of aryl methyl sites for hydroxylation is 1. The van der Waals surface area contributed by atoms with Crippen LogP contribution in [0.2, 0.25) is 5.02 Å². The molecule has 0 aromatic heterocycles. The fourth-order valence-electron chi connectivity index (χ4n) is 1.62. The summed E-state index contributed by atoms with van der Waals surface area (Å²) in [7, 11) is 0. The van der Waals surface area contributed by atoms with Gasteiger partial charge in [0.15, 0.2) is 17.4 Å². The molecule has 0 unspecified atom stereocenters. The minimum absolute atomic E-state index is 0.0598. The molecule has 0 amide bonds. The van der Waals surface area contributed by atoms with E-state index in [-0.39, 0.29) is 6.54 Å². The van der Waals surface area contributed by atoms with E-state index in [1.165, 1.54) is 6.07 Å². The molecule has 0 saturated carbocycles. The molecule has 0 bridgehead atoms. The summed E-state index contributed by atoms with van der Waals surface area (Å²) >= 11 is 5.83. The number of ether oxygens (including phenoxy) is 1. The lowest BCUT2D eigenvalue weighted by Gasteiger charge is -2.11. The summed E-state index contributed by atoms with van der Waals surface area (Å²) in [4.78, 5) is 0.